The van der Waals surface area contributed by atoms with Crippen LogP contribution in [0.3, 0.4) is 0 Å². The van der Waals surface area contributed by atoms with Gasteiger partial charge in [0.2, 0.25) is 5.82 Å². The van der Waals surface area contributed by atoms with Crippen LogP contribution in [-0.4, -0.2) is 37.0 Å². The Morgan fingerprint density at radius 3 is 2.65 bits per heavy atom. The van der Waals surface area contributed by atoms with Gasteiger partial charge in [-0.1, -0.05) is 0 Å². The highest BCUT2D eigenvalue weighted by Crippen LogP contribution is 2.21. The van der Waals surface area contributed by atoms with Gasteiger partial charge in [0.1, 0.15) is 0 Å². The van der Waals surface area contributed by atoms with Gasteiger partial charge in [-0.05, 0) is 13.0 Å². The van der Waals surface area contributed by atoms with Gasteiger partial charge in [0.15, 0.2) is 6.29 Å². The van der Waals surface area contributed by atoms with Crippen LogP contribution in [-0.2, 0) is 9.47 Å². The molecule has 17 heavy (non-hydrogen) atoms. The van der Waals surface area contributed by atoms with E-state index in [0.29, 0.717) is 5.69 Å². The van der Waals surface area contributed by atoms with Crippen molar-refractivity contribution in [1.82, 2.24) is 4.98 Å². The second-order valence-corrected chi connectivity index (χ2v) is 3.36. The van der Waals surface area contributed by atoms with E-state index in [4.69, 9.17) is 9.47 Å². The lowest BCUT2D eigenvalue weighted by atomic mass is 10.3. The van der Waals surface area contributed by atoms with Gasteiger partial charge in [-0.3, -0.25) is 10.1 Å². The summed E-state index contributed by atoms with van der Waals surface area (Å²) in [6, 6.07) is 3.01. The van der Waals surface area contributed by atoms with Gasteiger partial charge in [0.25, 0.3) is 0 Å². The highest BCUT2D eigenvalue weighted by Gasteiger charge is 2.16. The minimum atomic E-state index is -0.483. The fourth-order valence-electron chi connectivity index (χ4n) is 1.27. The van der Waals surface area contributed by atoms with E-state index in [2.05, 4.69) is 10.3 Å². The Labute approximate surface area is 98.9 Å². The van der Waals surface area contributed by atoms with Crippen molar-refractivity contribution in [2.45, 2.75) is 13.2 Å². The topological polar surface area (TPSA) is 86.5 Å². The van der Waals surface area contributed by atoms with E-state index in [9.17, 15) is 10.1 Å². The highest BCUT2D eigenvalue weighted by molar-refractivity contribution is 5.56. The maximum absolute atomic E-state index is 10.8. The summed E-state index contributed by atoms with van der Waals surface area (Å²) >= 11 is 0. The summed E-state index contributed by atoms with van der Waals surface area (Å²) in [5.74, 6) is 0.217. The fourth-order valence-corrected chi connectivity index (χ4v) is 1.27. The molecule has 0 unspecified atom stereocenters. The van der Waals surface area contributed by atoms with Gasteiger partial charge in [-0.2, -0.15) is 0 Å². The van der Waals surface area contributed by atoms with Crippen LogP contribution in [0.25, 0.3) is 0 Å². The number of nitro groups is 1. The first-order valence-electron chi connectivity index (χ1n) is 5.00. The smallest absolute Gasteiger partial charge is 0.311 e. The molecule has 1 rings (SSSR count). The Morgan fingerprint density at radius 2 is 2.12 bits per heavy atom. The van der Waals surface area contributed by atoms with Crippen LogP contribution in [0.1, 0.15) is 5.69 Å². The van der Waals surface area contributed by atoms with E-state index in [1.165, 1.54) is 20.3 Å². The van der Waals surface area contributed by atoms with Crippen LogP contribution < -0.4 is 5.32 Å². The maximum Gasteiger partial charge on any atom is 0.311 e. The van der Waals surface area contributed by atoms with Gasteiger partial charge >= 0.3 is 5.69 Å². The van der Waals surface area contributed by atoms with Crippen LogP contribution in [0.15, 0.2) is 12.1 Å². The summed E-state index contributed by atoms with van der Waals surface area (Å²) in [5, 5.41) is 13.6. The van der Waals surface area contributed by atoms with Crippen molar-refractivity contribution in [3.63, 3.8) is 0 Å². The number of hydrogen-bond acceptors (Lipinski definition) is 6. The molecule has 0 aromatic carbocycles. The number of nitrogens with zero attached hydrogens (tertiary/aromatic N) is 2. The molecule has 7 nitrogen and oxygen atoms in total. The fraction of sp³-hybridized carbons (Fsp3) is 0.500. The second-order valence-electron chi connectivity index (χ2n) is 3.36. The zero-order valence-corrected chi connectivity index (χ0v) is 9.97. The quantitative estimate of drug-likeness (QED) is 0.459. The van der Waals surface area contributed by atoms with E-state index < -0.39 is 11.2 Å². The molecule has 0 saturated carbocycles. The number of aryl methyl sites for hydroxylation is 1. The normalized spacial score (nSPS) is 10.6. The molecular formula is C10H15N3O4. The Hall–Kier alpha value is -1.73. The summed E-state index contributed by atoms with van der Waals surface area (Å²) in [4.78, 5) is 14.4. The monoisotopic (exact) mass is 241 g/mol. The van der Waals surface area contributed by atoms with Crippen molar-refractivity contribution in [3.05, 3.63) is 27.9 Å². The van der Waals surface area contributed by atoms with Crippen LogP contribution in [0.2, 0.25) is 0 Å². The molecule has 7 heteroatoms. The van der Waals surface area contributed by atoms with E-state index in [-0.39, 0.29) is 18.1 Å². The SMILES string of the molecule is COC(CNc1nc(C)ccc1[N+](=O)[O-])OC. The maximum atomic E-state index is 10.8. The first-order chi connectivity index (χ1) is 8.08. The zero-order chi connectivity index (χ0) is 12.8. The lowest BCUT2D eigenvalue weighted by Crippen LogP contribution is -2.24. The molecule has 1 heterocycles. The minimum absolute atomic E-state index is 0.0680. The molecule has 0 aliphatic heterocycles. The average Bonchev–Trinajstić information content (AvgIpc) is 2.30. The van der Waals surface area contributed by atoms with Crippen molar-refractivity contribution < 1.29 is 14.4 Å². The molecule has 1 aromatic rings. The van der Waals surface area contributed by atoms with E-state index in [1.54, 1.807) is 13.0 Å². The summed E-state index contributed by atoms with van der Waals surface area (Å²) in [6.45, 7) is 2.04. The predicted octanol–water partition coefficient (Wildman–Crippen LogP) is 1.33. The summed E-state index contributed by atoms with van der Waals surface area (Å²) in [5.41, 5.74) is 0.631. The van der Waals surface area contributed by atoms with E-state index in [0.717, 1.165) is 0 Å². The number of methoxy groups -OCH3 is 2. The number of ether oxygens (including phenoxy) is 2. The molecule has 0 aliphatic carbocycles. The van der Waals surface area contributed by atoms with Crippen molar-refractivity contribution in [2.24, 2.45) is 0 Å². The van der Waals surface area contributed by atoms with Crippen LogP contribution in [0.5, 0.6) is 0 Å². The molecule has 0 spiro atoms. The molecular weight excluding hydrogens is 226 g/mol. The van der Waals surface area contributed by atoms with E-state index >= 15 is 0 Å². The van der Waals surface area contributed by atoms with Crippen molar-refractivity contribution in [1.29, 1.82) is 0 Å². The minimum Gasteiger partial charge on any atom is -0.359 e. The first-order valence-corrected chi connectivity index (χ1v) is 5.00. The summed E-state index contributed by atoms with van der Waals surface area (Å²) in [6.07, 6.45) is -0.475. The van der Waals surface area contributed by atoms with Gasteiger partial charge < -0.3 is 14.8 Å². The number of nitrogens with one attached hydrogen (secondary N) is 1. The Bertz CT molecular complexity index is 393. The third kappa shape index (κ3) is 3.65. The third-order valence-corrected chi connectivity index (χ3v) is 2.17. The third-order valence-electron chi connectivity index (χ3n) is 2.17. The summed E-state index contributed by atoms with van der Waals surface area (Å²) < 4.78 is 9.94. The van der Waals surface area contributed by atoms with E-state index in [1.807, 2.05) is 0 Å². The number of pyridine rings is 1. The summed E-state index contributed by atoms with van der Waals surface area (Å²) in [7, 11) is 2.99. The van der Waals surface area contributed by atoms with Crippen molar-refractivity contribution in [3.8, 4) is 0 Å². The molecule has 0 saturated heterocycles. The van der Waals surface area contributed by atoms with Gasteiger partial charge in [-0.15, -0.1) is 0 Å². The van der Waals surface area contributed by atoms with Crippen molar-refractivity contribution in [2.75, 3.05) is 26.1 Å². The Morgan fingerprint density at radius 1 is 1.47 bits per heavy atom. The van der Waals surface area contributed by atoms with Crippen molar-refractivity contribution >= 4 is 11.5 Å². The lowest BCUT2D eigenvalue weighted by molar-refractivity contribution is -0.384. The molecule has 0 fully saturated rings. The largest absolute Gasteiger partial charge is 0.359 e. The Kier molecular flexibility index (Phi) is 4.80. The molecule has 0 bridgehead atoms. The second kappa shape index (κ2) is 6.12. The lowest BCUT2D eigenvalue weighted by Gasteiger charge is -2.14. The number of anilines is 1. The number of rotatable bonds is 6. The average molecular weight is 241 g/mol. The highest BCUT2D eigenvalue weighted by atomic mass is 16.7. The molecule has 0 radical (unpaired) electrons. The zero-order valence-electron chi connectivity index (χ0n) is 9.97. The molecule has 0 aliphatic rings. The van der Waals surface area contributed by atoms with Gasteiger partial charge in [0.05, 0.1) is 11.5 Å². The molecule has 0 atom stereocenters. The molecule has 0 amide bonds. The van der Waals surface area contributed by atoms with Gasteiger partial charge in [-0.25, -0.2) is 4.98 Å². The number of aromatic nitrogens is 1. The van der Waals surface area contributed by atoms with Crippen LogP contribution >= 0.6 is 0 Å². The van der Waals surface area contributed by atoms with Crippen LogP contribution in [0.4, 0.5) is 11.5 Å². The Balaban J connectivity index is 2.81. The first kappa shape index (κ1) is 13.3. The standard InChI is InChI=1S/C10H15N3O4/c1-7-4-5-8(13(14)15)10(12-7)11-6-9(16-2)17-3/h4-5,9H,6H2,1-3H3,(H,11,12). The molecule has 94 valence electrons. The van der Waals surface area contributed by atoms with Gasteiger partial charge in [0, 0.05) is 26.0 Å². The predicted molar refractivity (Wildman–Crippen MR) is 61.9 cm³/mol. The van der Waals surface area contributed by atoms with Crippen LogP contribution in [0, 0.1) is 17.0 Å². The molecule has 1 N–H and O–H groups in total. The number of hydrogen-bond donors (Lipinski definition) is 1. The molecule has 1 aromatic heterocycles.